The first kappa shape index (κ1) is 15.0. The maximum absolute atomic E-state index is 12.8. The van der Waals surface area contributed by atoms with Gasteiger partial charge in [-0.1, -0.05) is 12.6 Å². The largest absolute Gasteiger partial charge is 0.417 e. The molecule has 6 heteroatoms. The van der Waals surface area contributed by atoms with Crippen LogP contribution in [0.4, 0.5) is 13.2 Å². The third kappa shape index (κ3) is 3.17. The monoisotopic (exact) mass is 301 g/mol. The predicted molar refractivity (Wildman–Crippen MR) is 73.5 cm³/mol. The van der Waals surface area contributed by atoms with Gasteiger partial charge in [0.1, 0.15) is 0 Å². The molecule has 0 spiro atoms. The Morgan fingerprint density at radius 3 is 2.50 bits per heavy atom. The lowest BCUT2D eigenvalue weighted by Crippen LogP contribution is -2.39. The van der Waals surface area contributed by atoms with Gasteiger partial charge in [0.05, 0.1) is 5.56 Å². The summed E-state index contributed by atoms with van der Waals surface area (Å²) in [5.41, 5.74) is -0.668. The number of carbonyl (C=O) groups excluding carboxylic acids is 1. The molecule has 20 heavy (non-hydrogen) atoms. The fourth-order valence-electron chi connectivity index (χ4n) is 1.91. The molecule has 0 atom stereocenters. The summed E-state index contributed by atoms with van der Waals surface area (Å²) in [6.45, 7) is 3.58. The van der Waals surface area contributed by atoms with Gasteiger partial charge in [-0.25, -0.2) is 0 Å². The van der Waals surface area contributed by atoms with Crippen molar-refractivity contribution in [3.63, 3.8) is 0 Å². The van der Waals surface area contributed by atoms with Gasteiger partial charge in [-0.2, -0.15) is 13.2 Å². The first-order valence-electron chi connectivity index (χ1n) is 6.19. The van der Waals surface area contributed by atoms with Crippen LogP contribution in [-0.4, -0.2) is 11.9 Å². The van der Waals surface area contributed by atoms with E-state index >= 15 is 0 Å². The molecule has 1 aliphatic carbocycles. The van der Waals surface area contributed by atoms with Crippen molar-refractivity contribution in [3.05, 3.63) is 35.9 Å². The van der Waals surface area contributed by atoms with Crippen molar-refractivity contribution in [3.8, 4) is 0 Å². The van der Waals surface area contributed by atoms with Crippen LogP contribution in [0.25, 0.3) is 5.57 Å². The summed E-state index contributed by atoms with van der Waals surface area (Å²) < 4.78 is 38.4. The highest BCUT2D eigenvalue weighted by Crippen LogP contribution is 2.35. The summed E-state index contributed by atoms with van der Waals surface area (Å²) in [5.74, 6) is -0.422. The molecule has 1 aliphatic rings. The van der Waals surface area contributed by atoms with Gasteiger partial charge in [0.15, 0.2) is 0 Å². The van der Waals surface area contributed by atoms with E-state index in [0.29, 0.717) is 0 Å². The van der Waals surface area contributed by atoms with Crippen LogP contribution in [0.1, 0.15) is 30.4 Å². The molecule has 0 radical (unpaired) electrons. The van der Waals surface area contributed by atoms with E-state index in [-0.39, 0.29) is 22.1 Å². The van der Waals surface area contributed by atoms with Gasteiger partial charge in [0.25, 0.3) is 5.91 Å². The molecule has 1 aromatic rings. The quantitative estimate of drug-likeness (QED) is 0.647. The van der Waals surface area contributed by atoms with E-state index in [1.54, 1.807) is 0 Å². The number of alkyl halides is 3. The van der Waals surface area contributed by atoms with Crippen LogP contribution in [0, 0.1) is 0 Å². The molecular weight excluding hydrogens is 287 g/mol. The van der Waals surface area contributed by atoms with E-state index in [1.807, 2.05) is 0 Å². The van der Waals surface area contributed by atoms with Gasteiger partial charge in [-0.05, 0) is 37.0 Å². The Balaban J connectivity index is 2.19. The highest BCUT2D eigenvalue weighted by Gasteiger charge is 2.33. The Labute approximate surface area is 120 Å². The van der Waals surface area contributed by atoms with Crippen molar-refractivity contribution >= 4 is 24.1 Å². The number of hydrogen-bond acceptors (Lipinski definition) is 2. The van der Waals surface area contributed by atoms with Crippen molar-refractivity contribution in [2.45, 2.75) is 36.4 Å². The number of amides is 1. The number of rotatable bonds is 3. The number of thiol groups is 1. The smallest absolute Gasteiger partial charge is 0.349 e. The molecular formula is C14H14F3NOS. The third-order valence-electron chi connectivity index (χ3n) is 3.36. The lowest BCUT2D eigenvalue weighted by Gasteiger charge is -2.26. The Morgan fingerprint density at radius 2 is 2.00 bits per heavy atom. The van der Waals surface area contributed by atoms with E-state index in [1.165, 1.54) is 12.1 Å². The van der Waals surface area contributed by atoms with Gasteiger partial charge >= 0.3 is 6.18 Å². The van der Waals surface area contributed by atoms with E-state index in [4.69, 9.17) is 0 Å². The highest BCUT2D eigenvalue weighted by molar-refractivity contribution is 7.80. The van der Waals surface area contributed by atoms with Crippen molar-refractivity contribution in [1.29, 1.82) is 0 Å². The Morgan fingerprint density at radius 1 is 1.35 bits per heavy atom. The SMILES string of the molecule is C=C(C(=O)NC1CCC1)c1ccc(S)c(C(F)(F)F)c1. The van der Waals surface area contributed by atoms with Gasteiger partial charge in [-0.3, -0.25) is 4.79 Å². The average molecular weight is 301 g/mol. The normalized spacial score (nSPS) is 15.6. The standard InChI is InChI=1S/C14H14F3NOS/c1-8(13(19)18-10-3-2-4-10)9-5-6-12(20)11(7-9)14(15,16)17/h5-7,10,20H,1-4H2,(H,18,19). The Hall–Kier alpha value is -1.43. The molecule has 2 rings (SSSR count). The van der Waals surface area contributed by atoms with E-state index in [9.17, 15) is 18.0 Å². The Bertz CT molecular complexity index is 550. The first-order valence-corrected chi connectivity index (χ1v) is 6.64. The minimum atomic E-state index is -4.50. The van der Waals surface area contributed by atoms with E-state index in [2.05, 4.69) is 24.5 Å². The fourth-order valence-corrected chi connectivity index (χ4v) is 2.17. The van der Waals surface area contributed by atoms with Crippen molar-refractivity contribution in [1.82, 2.24) is 5.32 Å². The van der Waals surface area contributed by atoms with Crippen molar-refractivity contribution in [2.24, 2.45) is 0 Å². The summed E-state index contributed by atoms with van der Waals surface area (Å²) >= 11 is 3.79. The maximum Gasteiger partial charge on any atom is 0.417 e. The number of benzene rings is 1. The second-order valence-corrected chi connectivity index (χ2v) is 5.29. The number of nitrogens with one attached hydrogen (secondary N) is 1. The lowest BCUT2D eigenvalue weighted by molar-refractivity contribution is -0.139. The fraction of sp³-hybridized carbons (Fsp3) is 0.357. The molecule has 0 bridgehead atoms. The Kier molecular flexibility index (Phi) is 4.13. The topological polar surface area (TPSA) is 29.1 Å². The average Bonchev–Trinajstić information content (AvgIpc) is 2.31. The van der Waals surface area contributed by atoms with Crippen LogP contribution in [0.3, 0.4) is 0 Å². The number of hydrogen-bond donors (Lipinski definition) is 2. The number of carbonyl (C=O) groups is 1. The summed E-state index contributed by atoms with van der Waals surface area (Å²) in [5, 5.41) is 2.75. The first-order chi connectivity index (χ1) is 9.29. The molecule has 0 aliphatic heterocycles. The number of halogens is 3. The molecule has 1 aromatic carbocycles. The molecule has 0 heterocycles. The van der Waals surface area contributed by atoms with E-state index < -0.39 is 17.6 Å². The van der Waals surface area contributed by atoms with Gasteiger partial charge < -0.3 is 5.32 Å². The zero-order valence-corrected chi connectivity index (χ0v) is 11.5. The minimum absolute atomic E-state index is 0.0377. The van der Waals surface area contributed by atoms with Crippen LogP contribution >= 0.6 is 12.6 Å². The van der Waals surface area contributed by atoms with Crippen LogP contribution in [0.5, 0.6) is 0 Å². The molecule has 2 nitrogen and oxygen atoms in total. The molecule has 0 unspecified atom stereocenters. The molecule has 108 valence electrons. The van der Waals surface area contributed by atoms with E-state index in [0.717, 1.165) is 25.3 Å². The van der Waals surface area contributed by atoms with Crippen molar-refractivity contribution < 1.29 is 18.0 Å². The summed E-state index contributed by atoms with van der Waals surface area (Å²) in [6.07, 6.45) is -1.63. The maximum atomic E-state index is 12.8. The van der Waals surface area contributed by atoms with Gasteiger partial charge in [0.2, 0.25) is 0 Å². The van der Waals surface area contributed by atoms with Crippen LogP contribution in [0.2, 0.25) is 0 Å². The highest BCUT2D eigenvalue weighted by atomic mass is 32.1. The van der Waals surface area contributed by atoms with Crippen LogP contribution in [-0.2, 0) is 11.0 Å². The second kappa shape index (κ2) is 5.52. The third-order valence-corrected chi connectivity index (χ3v) is 3.75. The molecule has 1 N–H and O–H groups in total. The van der Waals surface area contributed by atoms with Crippen molar-refractivity contribution in [2.75, 3.05) is 0 Å². The van der Waals surface area contributed by atoms with Crippen LogP contribution in [0.15, 0.2) is 29.7 Å². The lowest BCUT2D eigenvalue weighted by atomic mass is 9.92. The second-order valence-electron chi connectivity index (χ2n) is 4.81. The molecule has 0 saturated heterocycles. The van der Waals surface area contributed by atoms with Gasteiger partial charge in [0, 0.05) is 16.5 Å². The van der Waals surface area contributed by atoms with Crippen LogP contribution < -0.4 is 5.32 Å². The molecule has 0 aromatic heterocycles. The molecule has 1 saturated carbocycles. The summed E-state index contributed by atoms with van der Waals surface area (Å²) in [6, 6.07) is 3.67. The van der Waals surface area contributed by atoms with Gasteiger partial charge in [-0.15, -0.1) is 12.6 Å². The zero-order chi connectivity index (χ0) is 14.9. The summed E-state index contributed by atoms with van der Waals surface area (Å²) in [4.78, 5) is 11.7. The summed E-state index contributed by atoms with van der Waals surface area (Å²) in [7, 11) is 0. The molecule has 1 amide bonds. The zero-order valence-electron chi connectivity index (χ0n) is 10.6. The molecule has 1 fully saturated rings. The minimum Gasteiger partial charge on any atom is -0.349 e. The predicted octanol–water partition coefficient (Wildman–Crippen LogP) is 3.68.